The van der Waals surface area contributed by atoms with Crippen LogP contribution in [0.25, 0.3) is 0 Å². The first-order valence-electron chi connectivity index (χ1n) is 10.6. The summed E-state index contributed by atoms with van der Waals surface area (Å²) in [5, 5.41) is 12.0. The molecule has 3 heterocycles. The molecule has 1 atom stereocenters. The highest BCUT2D eigenvalue weighted by molar-refractivity contribution is 7.13. The number of likely N-dealkylation sites (tertiary alicyclic amines) is 1. The van der Waals surface area contributed by atoms with Crippen molar-refractivity contribution < 1.29 is 23.8 Å². The number of fused-ring (bicyclic) bond motifs is 1. The van der Waals surface area contributed by atoms with E-state index in [-0.39, 0.29) is 36.1 Å². The molecule has 10 heteroatoms. The Balaban J connectivity index is 1.26. The Morgan fingerprint density at radius 1 is 1.18 bits per heavy atom. The van der Waals surface area contributed by atoms with Gasteiger partial charge < -0.3 is 24.4 Å². The van der Waals surface area contributed by atoms with E-state index in [0.29, 0.717) is 28.7 Å². The summed E-state index contributed by atoms with van der Waals surface area (Å²) in [6.07, 6.45) is 1.96. The maximum atomic E-state index is 13.0. The maximum Gasteiger partial charge on any atom is 0.286 e. The van der Waals surface area contributed by atoms with Crippen molar-refractivity contribution in [3.05, 3.63) is 58.0 Å². The third kappa shape index (κ3) is 4.47. The Hall–Kier alpha value is -3.66. The number of nitrogens with zero attached hydrogens (tertiary/aromatic N) is 3. The number of benzene rings is 2. The van der Waals surface area contributed by atoms with Crippen molar-refractivity contribution in [1.82, 2.24) is 15.1 Å². The van der Waals surface area contributed by atoms with Crippen LogP contribution in [0.2, 0.25) is 0 Å². The van der Waals surface area contributed by atoms with Crippen LogP contribution in [0.5, 0.6) is 17.2 Å². The first-order valence-corrected chi connectivity index (χ1v) is 11.4. The second-order valence-corrected chi connectivity index (χ2v) is 8.75. The van der Waals surface area contributed by atoms with Gasteiger partial charge in [0.2, 0.25) is 17.7 Å². The van der Waals surface area contributed by atoms with Gasteiger partial charge in [-0.3, -0.25) is 9.59 Å². The Bertz CT molecular complexity index is 1200. The predicted octanol–water partition coefficient (Wildman–Crippen LogP) is 3.43. The standard InChI is InChI=1S/C23H22N4O5S/c1-30-16-5-2-4-14(10-16)11-20(28)27-9-3-6-17(27)22-25-26-23(33-22)21(29)24-15-7-8-18-19(12-15)32-13-31-18/h2,4-5,7-8,10,12,17H,3,6,9,11,13H2,1H3,(H,24,29)/t17-/m1/s1. The molecular formula is C23H22N4O5S. The quantitative estimate of drug-likeness (QED) is 0.594. The monoisotopic (exact) mass is 466 g/mol. The van der Waals surface area contributed by atoms with Crippen LogP contribution >= 0.6 is 11.3 Å². The smallest absolute Gasteiger partial charge is 0.286 e. The van der Waals surface area contributed by atoms with Gasteiger partial charge >= 0.3 is 0 Å². The summed E-state index contributed by atoms with van der Waals surface area (Å²) in [5.41, 5.74) is 1.48. The number of nitrogens with one attached hydrogen (secondary N) is 1. The number of rotatable bonds is 6. The lowest BCUT2D eigenvalue weighted by Crippen LogP contribution is -2.31. The van der Waals surface area contributed by atoms with Crippen molar-refractivity contribution in [1.29, 1.82) is 0 Å². The van der Waals surface area contributed by atoms with Gasteiger partial charge in [-0.05, 0) is 42.7 Å². The molecule has 0 bridgehead atoms. The van der Waals surface area contributed by atoms with Crippen molar-refractivity contribution in [2.24, 2.45) is 0 Å². The number of ether oxygens (including phenoxy) is 3. The van der Waals surface area contributed by atoms with E-state index in [2.05, 4.69) is 15.5 Å². The summed E-state index contributed by atoms with van der Waals surface area (Å²) < 4.78 is 15.9. The van der Waals surface area contributed by atoms with Gasteiger partial charge in [-0.15, -0.1) is 10.2 Å². The highest BCUT2D eigenvalue weighted by atomic mass is 32.1. The third-order valence-electron chi connectivity index (χ3n) is 5.61. The lowest BCUT2D eigenvalue weighted by atomic mass is 10.1. The molecule has 2 amide bonds. The molecule has 5 rings (SSSR count). The third-order valence-corrected chi connectivity index (χ3v) is 6.64. The fourth-order valence-corrected chi connectivity index (χ4v) is 4.89. The fraction of sp³-hybridized carbons (Fsp3) is 0.304. The molecule has 1 aromatic heterocycles. The highest BCUT2D eigenvalue weighted by Crippen LogP contribution is 2.36. The van der Waals surface area contributed by atoms with Crippen LogP contribution in [0.4, 0.5) is 5.69 Å². The van der Waals surface area contributed by atoms with Gasteiger partial charge in [0.25, 0.3) is 5.91 Å². The van der Waals surface area contributed by atoms with Gasteiger partial charge in [0, 0.05) is 18.3 Å². The maximum absolute atomic E-state index is 13.0. The van der Waals surface area contributed by atoms with Crippen LogP contribution in [0, 0.1) is 0 Å². The average molecular weight is 467 g/mol. The van der Waals surface area contributed by atoms with Gasteiger partial charge in [0.15, 0.2) is 11.5 Å². The number of carbonyl (C=O) groups is 2. The molecule has 1 saturated heterocycles. The summed E-state index contributed by atoms with van der Waals surface area (Å²) in [6.45, 7) is 0.826. The SMILES string of the molecule is COc1cccc(CC(=O)N2CCC[C@@H]2c2nnc(C(=O)Nc3ccc4c(c3)OCO4)s2)c1. The molecule has 9 nitrogen and oxygen atoms in total. The number of hydrogen-bond donors (Lipinski definition) is 1. The van der Waals surface area contributed by atoms with Crippen LogP contribution in [-0.4, -0.2) is 47.4 Å². The van der Waals surface area contributed by atoms with E-state index in [0.717, 1.165) is 24.2 Å². The summed E-state index contributed by atoms with van der Waals surface area (Å²) in [5.74, 6) is 1.62. The predicted molar refractivity (Wildman–Crippen MR) is 121 cm³/mol. The second kappa shape index (κ2) is 9.07. The largest absolute Gasteiger partial charge is 0.497 e. The molecule has 2 aliphatic heterocycles. The molecule has 2 aliphatic rings. The lowest BCUT2D eigenvalue weighted by Gasteiger charge is -2.22. The second-order valence-electron chi connectivity index (χ2n) is 7.74. The number of aromatic nitrogens is 2. The Kier molecular flexibility index (Phi) is 5.82. The Labute approximate surface area is 194 Å². The van der Waals surface area contributed by atoms with E-state index in [1.165, 1.54) is 11.3 Å². The van der Waals surface area contributed by atoms with Crippen LogP contribution < -0.4 is 19.5 Å². The lowest BCUT2D eigenvalue weighted by molar-refractivity contribution is -0.131. The number of methoxy groups -OCH3 is 1. The molecule has 1 N–H and O–H groups in total. The average Bonchev–Trinajstić information content (AvgIpc) is 3.58. The van der Waals surface area contributed by atoms with Gasteiger partial charge in [0.05, 0.1) is 19.6 Å². The van der Waals surface area contributed by atoms with Crippen LogP contribution in [0.15, 0.2) is 42.5 Å². The van der Waals surface area contributed by atoms with Gasteiger partial charge in [-0.1, -0.05) is 23.5 Å². The van der Waals surface area contributed by atoms with Crippen LogP contribution in [-0.2, 0) is 11.2 Å². The van der Waals surface area contributed by atoms with Crippen molar-refractivity contribution >= 4 is 28.8 Å². The van der Waals surface area contributed by atoms with Crippen LogP contribution in [0.3, 0.4) is 0 Å². The zero-order valence-electron chi connectivity index (χ0n) is 17.9. The minimum Gasteiger partial charge on any atom is -0.497 e. The highest BCUT2D eigenvalue weighted by Gasteiger charge is 2.33. The van der Waals surface area contributed by atoms with Crippen molar-refractivity contribution in [2.45, 2.75) is 25.3 Å². The van der Waals surface area contributed by atoms with E-state index in [1.54, 1.807) is 25.3 Å². The molecule has 0 unspecified atom stereocenters. The number of anilines is 1. The first kappa shape index (κ1) is 21.2. The van der Waals surface area contributed by atoms with Crippen molar-refractivity contribution in [2.75, 3.05) is 25.8 Å². The zero-order valence-corrected chi connectivity index (χ0v) is 18.8. The summed E-state index contributed by atoms with van der Waals surface area (Å²) >= 11 is 1.21. The molecule has 1 fully saturated rings. The van der Waals surface area contributed by atoms with E-state index >= 15 is 0 Å². The minimum atomic E-state index is -0.357. The molecule has 0 radical (unpaired) electrons. The molecule has 170 valence electrons. The topological polar surface area (TPSA) is 103 Å². The van der Waals surface area contributed by atoms with E-state index in [9.17, 15) is 9.59 Å². The minimum absolute atomic E-state index is 0.0207. The number of hydrogen-bond acceptors (Lipinski definition) is 8. The summed E-state index contributed by atoms with van der Waals surface area (Å²) in [4.78, 5) is 27.5. The molecule has 0 saturated carbocycles. The summed E-state index contributed by atoms with van der Waals surface area (Å²) in [7, 11) is 1.60. The Morgan fingerprint density at radius 2 is 2.06 bits per heavy atom. The molecule has 33 heavy (non-hydrogen) atoms. The van der Waals surface area contributed by atoms with E-state index < -0.39 is 0 Å². The van der Waals surface area contributed by atoms with Gasteiger partial charge in [0.1, 0.15) is 10.8 Å². The fourth-order valence-electron chi connectivity index (χ4n) is 4.00. The number of carbonyl (C=O) groups excluding carboxylic acids is 2. The van der Waals surface area contributed by atoms with E-state index in [4.69, 9.17) is 14.2 Å². The van der Waals surface area contributed by atoms with Crippen molar-refractivity contribution in [3.8, 4) is 17.2 Å². The molecule has 3 aromatic rings. The number of amides is 2. The van der Waals surface area contributed by atoms with Gasteiger partial charge in [-0.25, -0.2) is 0 Å². The first-order chi connectivity index (χ1) is 16.1. The molecule has 0 spiro atoms. The van der Waals surface area contributed by atoms with Crippen LogP contribution in [0.1, 0.15) is 39.3 Å². The molecular weight excluding hydrogens is 444 g/mol. The molecule has 0 aliphatic carbocycles. The van der Waals surface area contributed by atoms with E-state index in [1.807, 2.05) is 29.2 Å². The zero-order chi connectivity index (χ0) is 22.8. The normalized spacial score (nSPS) is 16.6. The molecule has 2 aromatic carbocycles. The van der Waals surface area contributed by atoms with Crippen molar-refractivity contribution in [3.63, 3.8) is 0 Å². The van der Waals surface area contributed by atoms with Gasteiger partial charge in [-0.2, -0.15) is 0 Å². The Morgan fingerprint density at radius 3 is 2.94 bits per heavy atom. The summed E-state index contributed by atoms with van der Waals surface area (Å²) in [6, 6.07) is 12.5.